The molecule has 112 valence electrons. The Hall–Kier alpha value is -0.820. The molecule has 0 aromatic heterocycles. The fourth-order valence-corrected chi connectivity index (χ4v) is 3.59. The van der Waals surface area contributed by atoms with Gasteiger partial charge < -0.3 is 5.32 Å². The highest BCUT2D eigenvalue weighted by atomic mass is 14.9. The van der Waals surface area contributed by atoms with Crippen molar-refractivity contribution < 1.29 is 0 Å². The smallest absolute Gasteiger partial charge is 0.0317 e. The predicted molar refractivity (Wildman–Crippen MR) is 87.9 cm³/mol. The summed E-state index contributed by atoms with van der Waals surface area (Å²) in [5.74, 6) is 0.791. The first-order chi connectivity index (χ1) is 9.34. The van der Waals surface area contributed by atoms with Crippen molar-refractivity contribution in [2.24, 2.45) is 16.7 Å². The normalized spacial score (nSPS) is 21.7. The summed E-state index contributed by atoms with van der Waals surface area (Å²) < 4.78 is 0. The lowest BCUT2D eigenvalue weighted by molar-refractivity contribution is 0.457. The third kappa shape index (κ3) is 2.65. The zero-order valence-electron chi connectivity index (χ0n) is 14.1. The molecule has 1 aliphatic carbocycles. The molecule has 0 bridgehead atoms. The zero-order valence-corrected chi connectivity index (χ0v) is 14.1. The summed E-state index contributed by atoms with van der Waals surface area (Å²) in [6.07, 6.45) is 2.27. The highest BCUT2D eigenvalue weighted by molar-refractivity contribution is 5.25. The van der Waals surface area contributed by atoms with Gasteiger partial charge in [-0.2, -0.15) is 0 Å². The second kappa shape index (κ2) is 5.52. The summed E-state index contributed by atoms with van der Waals surface area (Å²) in [4.78, 5) is 0. The molecule has 2 rings (SSSR count). The molecular formula is C19H31N. The van der Waals surface area contributed by atoms with E-state index in [9.17, 15) is 0 Å². The van der Waals surface area contributed by atoms with E-state index in [1.54, 1.807) is 0 Å². The highest BCUT2D eigenvalue weighted by Crippen LogP contribution is 2.68. The van der Waals surface area contributed by atoms with Crippen LogP contribution in [0.4, 0.5) is 0 Å². The Balaban J connectivity index is 1.96. The number of aryl methyl sites for hydroxylation is 1. The van der Waals surface area contributed by atoms with Gasteiger partial charge in [-0.3, -0.25) is 0 Å². The molecule has 1 aromatic carbocycles. The molecule has 20 heavy (non-hydrogen) atoms. The maximum Gasteiger partial charge on any atom is 0.0317 e. The summed E-state index contributed by atoms with van der Waals surface area (Å²) in [7, 11) is 0. The second-order valence-corrected chi connectivity index (χ2v) is 7.46. The van der Waals surface area contributed by atoms with E-state index < -0.39 is 0 Å². The van der Waals surface area contributed by atoms with Crippen molar-refractivity contribution in [3.8, 4) is 0 Å². The van der Waals surface area contributed by atoms with Crippen LogP contribution in [0, 0.1) is 16.7 Å². The lowest BCUT2D eigenvalue weighted by Gasteiger charge is -2.18. The van der Waals surface area contributed by atoms with Gasteiger partial charge in [-0.25, -0.2) is 0 Å². The van der Waals surface area contributed by atoms with Crippen LogP contribution in [0.5, 0.6) is 0 Å². The standard InChI is InChI=1S/C19H31N/c1-7-14-9-11-15(12-10-14)16(8-2)20-13-17-18(3,4)19(17,5)6/h9-12,16-17,20H,7-8,13H2,1-6H3. The summed E-state index contributed by atoms with van der Waals surface area (Å²) in [6.45, 7) is 15.2. The Morgan fingerprint density at radius 1 is 1.00 bits per heavy atom. The van der Waals surface area contributed by atoms with Crippen LogP contribution in [0.1, 0.15) is 65.1 Å². The van der Waals surface area contributed by atoms with E-state index in [0.717, 1.165) is 25.3 Å². The van der Waals surface area contributed by atoms with E-state index in [2.05, 4.69) is 71.1 Å². The van der Waals surface area contributed by atoms with Gasteiger partial charge in [0.15, 0.2) is 0 Å². The van der Waals surface area contributed by atoms with Gasteiger partial charge in [0.05, 0.1) is 0 Å². The molecule has 1 heteroatoms. The van der Waals surface area contributed by atoms with E-state index in [0.29, 0.717) is 16.9 Å². The molecule has 1 aromatic rings. The van der Waals surface area contributed by atoms with Crippen molar-refractivity contribution in [2.75, 3.05) is 6.54 Å². The van der Waals surface area contributed by atoms with Gasteiger partial charge in [-0.15, -0.1) is 0 Å². The molecule has 0 spiro atoms. The molecule has 0 heterocycles. The Bertz CT molecular complexity index is 427. The van der Waals surface area contributed by atoms with Crippen molar-refractivity contribution in [2.45, 2.75) is 60.4 Å². The van der Waals surface area contributed by atoms with Gasteiger partial charge in [-0.1, -0.05) is 65.8 Å². The first kappa shape index (κ1) is 15.6. The largest absolute Gasteiger partial charge is 0.310 e. The maximum atomic E-state index is 3.80. The average molecular weight is 273 g/mol. The minimum absolute atomic E-state index is 0.477. The molecule has 0 aliphatic heterocycles. The van der Waals surface area contributed by atoms with Crippen LogP contribution in [0.3, 0.4) is 0 Å². The molecule has 1 aliphatic rings. The summed E-state index contributed by atoms with van der Waals surface area (Å²) in [6, 6.07) is 9.62. The molecule has 1 unspecified atom stereocenters. The van der Waals surface area contributed by atoms with Crippen molar-refractivity contribution >= 4 is 0 Å². The van der Waals surface area contributed by atoms with Crippen molar-refractivity contribution in [3.05, 3.63) is 35.4 Å². The number of benzene rings is 1. The predicted octanol–water partition coefficient (Wildman–Crippen LogP) is 4.97. The topological polar surface area (TPSA) is 12.0 Å². The minimum atomic E-state index is 0.477. The SMILES string of the molecule is CCc1ccc(C(CC)NCC2C(C)(C)C2(C)C)cc1. The maximum absolute atomic E-state index is 3.80. The lowest BCUT2D eigenvalue weighted by Crippen LogP contribution is -2.24. The van der Waals surface area contributed by atoms with Crippen LogP contribution in [0.15, 0.2) is 24.3 Å². The van der Waals surface area contributed by atoms with Gasteiger partial charge in [-0.05, 0) is 47.3 Å². The first-order valence-corrected chi connectivity index (χ1v) is 8.16. The first-order valence-electron chi connectivity index (χ1n) is 8.16. The Morgan fingerprint density at radius 2 is 1.55 bits per heavy atom. The number of hydrogen-bond acceptors (Lipinski definition) is 1. The van der Waals surface area contributed by atoms with Crippen molar-refractivity contribution in [1.82, 2.24) is 5.32 Å². The molecule has 1 nitrogen and oxygen atoms in total. The van der Waals surface area contributed by atoms with Gasteiger partial charge in [0.1, 0.15) is 0 Å². The molecule has 1 fully saturated rings. The summed E-state index contributed by atoms with van der Waals surface area (Å²) >= 11 is 0. The molecular weight excluding hydrogens is 242 g/mol. The lowest BCUT2D eigenvalue weighted by atomic mass is 10.0. The zero-order chi connectivity index (χ0) is 15.0. The van der Waals surface area contributed by atoms with E-state index in [-0.39, 0.29) is 0 Å². The minimum Gasteiger partial charge on any atom is -0.310 e. The Kier molecular flexibility index (Phi) is 4.30. The molecule has 1 N–H and O–H groups in total. The van der Waals surface area contributed by atoms with Crippen LogP contribution in [0.25, 0.3) is 0 Å². The summed E-state index contributed by atoms with van der Waals surface area (Å²) in [5, 5.41) is 3.80. The van der Waals surface area contributed by atoms with Gasteiger partial charge in [0.25, 0.3) is 0 Å². The van der Waals surface area contributed by atoms with Gasteiger partial charge in [0, 0.05) is 6.04 Å². The van der Waals surface area contributed by atoms with Crippen LogP contribution in [-0.4, -0.2) is 6.54 Å². The van der Waals surface area contributed by atoms with Gasteiger partial charge in [0.2, 0.25) is 0 Å². The van der Waals surface area contributed by atoms with E-state index >= 15 is 0 Å². The molecule has 0 amide bonds. The quantitative estimate of drug-likeness (QED) is 0.771. The average Bonchev–Trinajstić information content (AvgIpc) is 2.82. The fourth-order valence-electron chi connectivity index (χ4n) is 3.59. The van der Waals surface area contributed by atoms with Gasteiger partial charge >= 0.3 is 0 Å². The van der Waals surface area contributed by atoms with Crippen LogP contribution in [0.2, 0.25) is 0 Å². The number of rotatable bonds is 6. The van der Waals surface area contributed by atoms with E-state index in [1.165, 1.54) is 11.1 Å². The summed E-state index contributed by atoms with van der Waals surface area (Å²) in [5.41, 5.74) is 3.81. The highest BCUT2D eigenvalue weighted by Gasteiger charge is 2.63. The Labute approximate surface area is 125 Å². The van der Waals surface area contributed by atoms with Crippen LogP contribution < -0.4 is 5.32 Å². The molecule has 1 saturated carbocycles. The number of hydrogen-bond donors (Lipinski definition) is 1. The van der Waals surface area contributed by atoms with E-state index in [4.69, 9.17) is 0 Å². The third-order valence-corrected chi connectivity index (χ3v) is 6.09. The molecule has 0 radical (unpaired) electrons. The van der Waals surface area contributed by atoms with Crippen molar-refractivity contribution in [3.63, 3.8) is 0 Å². The third-order valence-electron chi connectivity index (χ3n) is 6.09. The number of nitrogens with one attached hydrogen (secondary N) is 1. The van der Waals surface area contributed by atoms with E-state index in [1.807, 2.05) is 0 Å². The second-order valence-electron chi connectivity index (χ2n) is 7.46. The Morgan fingerprint density at radius 3 is 1.95 bits per heavy atom. The fraction of sp³-hybridized carbons (Fsp3) is 0.684. The van der Waals surface area contributed by atoms with Crippen LogP contribution >= 0.6 is 0 Å². The van der Waals surface area contributed by atoms with Crippen LogP contribution in [-0.2, 0) is 6.42 Å². The van der Waals surface area contributed by atoms with Crippen molar-refractivity contribution in [1.29, 1.82) is 0 Å². The monoisotopic (exact) mass is 273 g/mol. The molecule has 0 saturated heterocycles. The molecule has 1 atom stereocenters.